The summed E-state index contributed by atoms with van der Waals surface area (Å²) in [5.41, 5.74) is 7.07. The van der Waals surface area contributed by atoms with Crippen LogP contribution in [0.5, 0.6) is 17.2 Å². The fraction of sp³-hybridized carbons (Fsp3) is 0.513. The van der Waals surface area contributed by atoms with Crippen LogP contribution in [-0.2, 0) is 50.9 Å². The highest BCUT2D eigenvalue weighted by molar-refractivity contribution is 7.98. The Morgan fingerprint density at radius 2 is 1.07 bits per heavy atom. The number of phenolic OH excluding ortho intramolecular Hbond substituents is 3. The van der Waals surface area contributed by atoms with E-state index >= 15 is 0 Å². The number of carbonyl (C=O) groups excluding carboxylic acids is 1. The second kappa shape index (κ2) is 13.5. The van der Waals surface area contributed by atoms with E-state index < -0.39 is 6.04 Å². The molecule has 0 fully saturated rings. The van der Waals surface area contributed by atoms with Gasteiger partial charge in [0.1, 0.15) is 23.3 Å². The van der Waals surface area contributed by atoms with Crippen molar-refractivity contribution in [1.82, 2.24) is 5.32 Å². The average Bonchev–Trinajstić information content (AvgIpc) is 2.93. The van der Waals surface area contributed by atoms with Crippen LogP contribution in [0.3, 0.4) is 0 Å². The first-order chi connectivity index (χ1) is 21.3. The summed E-state index contributed by atoms with van der Waals surface area (Å²) < 4.78 is 5.42. The van der Waals surface area contributed by atoms with Crippen molar-refractivity contribution in [3.05, 3.63) is 86.5 Å². The van der Waals surface area contributed by atoms with Crippen LogP contribution in [0.1, 0.15) is 119 Å². The van der Waals surface area contributed by atoms with Gasteiger partial charge in [0.2, 0.25) is 0 Å². The minimum absolute atomic E-state index is 0.154. The minimum atomic E-state index is -0.609. The van der Waals surface area contributed by atoms with Gasteiger partial charge >= 0.3 is 5.97 Å². The highest BCUT2D eigenvalue weighted by Gasteiger charge is 2.27. The molecule has 250 valence electrons. The van der Waals surface area contributed by atoms with Gasteiger partial charge in [0.25, 0.3) is 0 Å². The fourth-order valence-electron chi connectivity index (χ4n) is 5.75. The molecule has 1 aliphatic heterocycles. The summed E-state index contributed by atoms with van der Waals surface area (Å²) >= 11 is 1.55. The molecule has 3 aromatic rings. The van der Waals surface area contributed by atoms with Crippen LogP contribution in [0.25, 0.3) is 0 Å². The molecule has 4 rings (SSSR count). The number of benzene rings is 3. The highest BCUT2D eigenvalue weighted by Crippen LogP contribution is 2.40. The second-order valence-electron chi connectivity index (χ2n) is 15.7. The third-order valence-corrected chi connectivity index (χ3v) is 9.90. The van der Waals surface area contributed by atoms with E-state index in [1.54, 1.807) is 18.7 Å². The lowest BCUT2D eigenvalue weighted by Gasteiger charge is -2.25. The molecule has 1 atom stereocenters. The first kappa shape index (κ1) is 35.7. The molecule has 1 heterocycles. The quantitative estimate of drug-likeness (QED) is 0.208. The van der Waals surface area contributed by atoms with E-state index in [0.29, 0.717) is 35.5 Å². The van der Waals surface area contributed by atoms with Crippen LogP contribution in [0.2, 0.25) is 0 Å². The molecule has 0 aromatic heterocycles. The number of nitrogens with one attached hydrogen (secondary N) is 1. The van der Waals surface area contributed by atoms with Crippen LogP contribution in [-0.4, -0.2) is 39.7 Å². The summed E-state index contributed by atoms with van der Waals surface area (Å²) in [5.74, 6) is 1.12. The van der Waals surface area contributed by atoms with Crippen molar-refractivity contribution in [2.45, 2.75) is 117 Å². The van der Waals surface area contributed by atoms with E-state index in [-0.39, 0.29) is 52.6 Å². The zero-order valence-electron chi connectivity index (χ0n) is 29.4. The van der Waals surface area contributed by atoms with E-state index in [9.17, 15) is 20.1 Å². The maximum atomic E-state index is 13.1. The van der Waals surface area contributed by atoms with Crippen molar-refractivity contribution < 1.29 is 24.9 Å². The number of hydrogen-bond donors (Lipinski definition) is 4. The molecule has 0 aliphatic carbocycles. The zero-order valence-corrected chi connectivity index (χ0v) is 30.2. The average molecular weight is 648 g/mol. The number of ether oxygens (including phenoxy) is 1. The molecule has 4 N–H and O–H groups in total. The van der Waals surface area contributed by atoms with Crippen molar-refractivity contribution in [3.63, 3.8) is 0 Å². The summed E-state index contributed by atoms with van der Waals surface area (Å²) in [4.78, 5) is 13.1. The predicted octanol–water partition coefficient (Wildman–Crippen LogP) is 8.15. The van der Waals surface area contributed by atoms with E-state index in [4.69, 9.17) is 4.74 Å². The second-order valence-corrected chi connectivity index (χ2v) is 16.8. The molecule has 0 amide bonds. The lowest BCUT2D eigenvalue weighted by Crippen LogP contribution is -2.40. The molecule has 7 heteroatoms. The molecule has 0 saturated carbocycles. The Kier molecular flexibility index (Phi) is 10.5. The number of thioether (sulfide) groups is 1. The van der Waals surface area contributed by atoms with Gasteiger partial charge in [-0.1, -0.05) is 98.7 Å². The number of aromatic hydroxyl groups is 3. The smallest absolute Gasteiger partial charge is 0.323 e. The van der Waals surface area contributed by atoms with Crippen LogP contribution in [0.15, 0.2) is 36.4 Å². The van der Waals surface area contributed by atoms with Crippen molar-refractivity contribution in [2.75, 3.05) is 12.4 Å². The third-order valence-electron chi connectivity index (χ3n) is 8.82. The molecular formula is C39H53NO5S. The summed E-state index contributed by atoms with van der Waals surface area (Å²) in [7, 11) is 0. The third kappa shape index (κ3) is 8.21. The first-order valence-electron chi connectivity index (χ1n) is 16.3. The number of rotatable bonds is 2. The van der Waals surface area contributed by atoms with Crippen LogP contribution < -0.4 is 5.32 Å². The van der Waals surface area contributed by atoms with Gasteiger partial charge in [-0.2, -0.15) is 11.8 Å². The lowest BCUT2D eigenvalue weighted by molar-refractivity contribution is -0.145. The van der Waals surface area contributed by atoms with Crippen molar-refractivity contribution in [2.24, 2.45) is 0 Å². The Morgan fingerprint density at radius 1 is 0.696 bits per heavy atom. The fourth-order valence-corrected chi connectivity index (χ4v) is 6.79. The van der Waals surface area contributed by atoms with Gasteiger partial charge in [-0.3, -0.25) is 10.1 Å². The van der Waals surface area contributed by atoms with Gasteiger partial charge in [0.05, 0.1) is 6.61 Å². The number of phenols is 3. The van der Waals surface area contributed by atoms with Crippen LogP contribution in [0, 0.1) is 0 Å². The Morgan fingerprint density at radius 3 is 1.48 bits per heavy atom. The normalized spacial score (nSPS) is 16.5. The lowest BCUT2D eigenvalue weighted by atomic mass is 9.81. The van der Waals surface area contributed by atoms with Gasteiger partial charge in [0, 0.05) is 42.0 Å². The topological polar surface area (TPSA) is 99.0 Å². The van der Waals surface area contributed by atoms with Crippen LogP contribution >= 0.6 is 11.8 Å². The van der Waals surface area contributed by atoms with Crippen molar-refractivity contribution >= 4 is 17.7 Å². The van der Waals surface area contributed by atoms with E-state index in [2.05, 4.69) is 85.8 Å². The molecule has 0 unspecified atom stereocenters. The number of hydrogen-bond acceptors (Lipinski definition) is 7. The predicted molar refractivity (Wildman–Crippen MR) is 189 cm³/mol. The minimum Gasteiger partial charge on any atom is -0.507 e. The number of fused-ring (bicyclic) bond motifs is 6. The Hall–Kier alpha value is -3.16. The monoisotopic (exact) mass is 647 g/mol. The number of carbonyl (C=O) groups is 1. The first-order valence-corrected chi connectivity index (χ1v) is 17.5. The molecule has 0 spiro atoms. The molecular weight excluding hydrogens is 594 g/mol. The Bertz CT molecular complexity index is 1590. The van der Waals surface area contributed by atoms with Gasteiger partial charge in [-0.05, 0) is 62.1 Å². The standard InChI is InChI=1S/C39H53NO5S/c1-11-45-36(44)32-22-46-21-28-19-31(39(8,9)10)17-26(35(28)43)13-24-15-29(37(2,3)4)14-23(33(24)41)12-25-16-30(38(5,6)7)18-27(20-40-32)34(25)42/h14-19,32,40-43H,11-13,20-22H2,1-10H3/t32-/m0/s1. The van der Waals surface area contributed by atoms with Gasteiger partial charge in [-0.15, -0.1) is 0 Å². The maximum Gasteiger partial charge on any atom is 0.323 e. The molecule has 0 saturated heterocycles. The van der Waals surface area contributed by atoms with Crippen molar-refractivity contribution in [1.29, 1.82) is 0 Å². The molecule has 0 radical (unpaired) electrons. The van der Waals surface area contributed by atoms with E-state index in [1.165, 1.54) is 0 Å². The van der Waals surface area contributed by atoms with Gasteiger partial charge in [0.15, 0.2) is 0 Å². The maximum absolute atomic E-state index is 13.1. The van der Waals surface area contributed by atoms with E-state index in [1.807, 2.05) is 18.2 Å². The van der Waals surface area contributed by atoms with Gasteiger partial charge < -0.3 is 20.1 Å². The largest absolute Gasteiger partial charge is 0.507 e. The molecule has 46 heavy (non-hydrogen) atoms. The van der Waals surface area contributed by atoms with Crippen molar-refractivity contribution in [3.8, 4) is 17.2 Å². The molecule has 6 nitrogen and oxygen atoms in total. The summed E-state index contributed by atoms with van der Waals surface area (Å²) in [5, 5.41) is 38.4. The van der Waals surface area contributed by atoms with E-state index in [0.717, 1.165) is 38.9 Å². The summed E-state index contributed by atoms with van der Waals surface area (Å²) in [6.07, 6.45) is 0.671. The Balaban J connectivity index is 1.97. The summed E-state index contributed by atoms with van der Waals surface area (Å²) in [6, 6.07) is 11.6. The number of esters is 1. The highest BCUT2D eigenvalue weighted by atomic mass is 32.2. The molecule has 6 bridgehead atoms. The zero-order chi connectivity index (χ0) is 34.2. The molecule has 1 aliphatic rings. The summed E-state index contributed by atoms with van der Waals surface area (Å²) in [6.45, 7) is 21.6. The van der Waals surface area contributed by atoms with Gasteiger partial charge in [-0.25, -0.2) is 0 Å². The van der Waals surface area contributed by atoms with Crippen LogP contribution in [0.4, 0.5) is 0 Å². The molecule has 3 aromatic carbocycles. The SMILES string of the molecule is CCOC(=O)[C@@H]1CSCc2cc(C(C)(C)C)cc(c2O)Cc2cc(C(C)(C)C)cc(c2O)Cc2cc(C(C)(C)C)cc(c2O)CN1. The Labute approximate surface area is 280 Å².